The van der Waals surface area contributed by atoms with Crippen molar-refractivity contribution in [3.63, 3.8) is 0 Å². The zero-order valence-corrected chi connectivity index (χ0v) is 12.1. The predicted octanol–water partition coefficient (Wildman–Crippen LogP) is 2.88. The quantitative estimate of drug-likeness (QED) is 0.419. The minimum absolute atomic E-state index is 0.375. The molecule has 0 radical (unpaired) electrons. The number of rotatable bonds is 4. The van der Waals surface area contributed by atoms with E-state index in [1.807, 2.05) is 12.1 Å². The Morgan fingerprint density at radius 3 is 2.81 bits per heavy atom. The number of hydrogen-bond donors (Lipinski definition) is 0. The van der Waals surface area contributed by atoms with Crippen LogP contribution in [0.4, 0.5) is 0 Å². The molecule has 3 aromatic rings. The molecule has 1 aromatic carbocycles. The van der Waals surface area contributed by atoms with Crippen molar-refractivity contribution in [2.24, 2.45) is 0 Å². The summed E-state index contributed by atoms with van der Waals surface area (Å²) in [4.78, 5) is 20.0. The lowest BCUT2D eigenvalue weighted by Gasteiger charge is -2.06. The second kappa shape index (κ2) is 5.97. The van der Waals surface area contributed by atoms with Crippen LogP contribution in [-0.2, 0) is 5.75 Å². The number of ether oxygens (including phenoxy) is 1. The highest BCUT2D eigenvalue weighted by Gasteiger charge is 2.08. The van der Waals surface area contributed by atoms with Gasteiger partial charge < -0.3 is 9.15 Å². The van der Waals surface area contributed by atoms with Crippen molar-refractivity contribution in [1.82, 2.24) is 9.97 Å². The molecule has 3 rings (SSSR count). The van der Waals surface area contributed by atoms with Crippen molar-refractivity contribution in [2.75, 3.05) is 7.11 Å². The van der Waals surface area contributed by atoms with E-state index in [2.05, 4.69) is 9.97 Å². The maximum atomic E-state index is 11.7. The van der Waals surface area contributed by atoms with Crippen LogP contribution in [0.25, 0.3) is 11.0 Å². The van der Waals surface area contributed by atoms with Gasteiger partial charge in [-0.2, -0.15) is 0 Å². The van der Waals surface area contributed by atoms with Crippen LogP contribution in [0.5, 0.6) is 5.75 Å². The van der Waals surface area contributed by atoms with E-state index in [0.717, 1.165) is 10.9 Å². The summed E-state index contributed by atoms with van der Waals surface area (Å²) in [6.45, 7) is 0. The van der Waals surface area contributed by atoms with Crippen LogP contribution < -0.4 is 10.4 Å². The molecular weight excluding hydrogens is 288 g/mol. The first-order valence-electron chi connectivity index (χ1n) is 6.27. The first kappa shape index (κ1) is 13.6. The van der Waals surface area contributed by atoms with Crippen LogP contribution in [0, 0.1) is 0 Å². The Morgan fingerprint density at radius 1 is 1.24 bits per heavy atom. The summed E-state index contributed by atoms with van der Waals surface area (Å²) in [5.41, 5.74) is 1.04. The lowest BCUT2D eigenvalue weighted by Crippen LogP contribution is -2.00. The van der Waals surface area contributed by atoms with E-state index in [-0.39, 0.29) is 5.63 Å². The van der Waals surface area contributed by atoms with E-state index in [9.17, 15) is 4.79 Å². The van der Waals surface area contributed by atoms with Crippen molar-refractivity contribution in [3.05, 3.63) is 58.7 Å². The van der Waals surface area contributed by atoms with Crippen LogP contribution in [-0.4, -0.2) is 17.1 Å². The summed E-state index contributed by atoms with van der Waals surface area (Å²) >= 11 is 1.47. The van der Waals surface area contributed by atoms with Crippen LogP contribution >= 0.6 is 11.8 Å². The molecule has 0 saturated carbocycles. The van der Waals surface area contributed by atoms with Crippen molar-refractivity contribution in [1.29, 1.82) is 0 Å². The fourth-order valence-electron chi connectivity index (χ4n) is 1.96. The zero-order chi connectivity index (χ0) is 14.7. The molecular formula is C15H12N2O3S. The normalized spacial score (nSPS) is 10.7. The Kier molecular flexibility index (Phi) is 3.87. The molecule has 0 fully saturated rings. The summed E-state index contributed by atoms with van der Waals surface area (Å²) < 4.78 is 10.4. The van der Waals surface area contributed by atoms with E-state index in [1.54, 1.807) is 31.6 Å². The van der Waals surface area contributed by atoms with Crippen molar-refractivity contribution in [3.8, 4) is 5.75 Å². The number of fused-ring (bicyclic) bond motifs is 1. The van der Waals surface area contributed by atoms with Crippen molar-refractivity contribution in [2.45, 2.75) is 10.9 Å². The van der Waals surface area contributed by atoms with Gasteiger partial charge in [-0.15, -0.1) is 0 Å². The lowest BCUT2D eigenvalue weighted by molar-refractivity contribution is 0.414. The first-order valence-corrected chi connectivity index (χ1v) is 7.25. The molecule has 0 aliphatic carbocycles. The molecule has 0 amide bonds. The third-order valence-corrected chi connectivity index (χ3v) is 3.86. The summed E-state index contributed by atoms with van der Waals surface area (Å²) in [7, 11) is 1.58. The molecule has 0 saturated heterocycles. The second-order valence-electron chi connectivity index (χ2n) is 4.27. The van der Waals surface area contributed by atoms with Gasteiger partial charge in [-0.05, 0) is 23.8 Å². The van der Waals surface area contributed by atoms with Crippen LogP contribution in [0.15, 0.2) is 57.1 Å². The van der Waals surface area contributed by atoms with Gasteiger partial charge in [0.05, 0.1) is 7.11 Å². The molecule has 0 bridgehead atoms. The fraction of sp³-hybridized carbons (Fsp3) is 0.133. The summed E-state index contributed by atoms with van der Waals surface area (Å²) in [6, 6.07) is 8.71. The monoisotopic (exact) mass is 300 g/mol. The molecule has 6 heteroatoms. The largest absolute Gasteiger partial charge is 0.497 e. The van der Waals surface area contributed by atoms with Gasteiger partial charge in [-0.3, -0.25) is 0 Å². The number of thioether (sulfide) groups is 1. The molecule has 0 N–H and O–H groups in total. The molecule has 2 heterocycles. The first-order chi connectivity index (χ1) is 10.3. The average Bonchev–Trinajstić information content (AvgIpc) is 2.52. The van der Waals surface area contributed by atoms with Gasteiger partial charge in [0.25, 0.3) is 0 Å². The van der Waals surface area contributed by atoms with Gasteiger partial charge in [0.2, 0.25) is 0 Å². The molecule has 0 spiro atoms. The fourth-order valence-corrected chi connectivity index (χ4v) is 2.75. The highest BCUT2D eigenvalue weighted by atomic mass is 32.2. The maximum absolute atomic E-state index is 11.7. The molecule has 5 nitrogen and oxygen atoms in total. The van der Waals surface area contributed by atoms with Crippen LogP contribution in [0.3, 0.4) is 0 Å². The maximum Gasteiger partial charge on any atom is 0.336 e. The van der Waals surface area contributed by atoms with E-state index in [1.165, 1.54) is 17.8 Å². The average molecular weight is 300 g/mol. The van der Waals surface area contributed by atoms with Gasteiger partial charge in [-0.1, -0.05) is 11.8 Å². The smallest absolute Gasteiger partial charge is 0.336 e. The highest BCUT2D eigenvalue weighted by molar-refractivity contribution is 7.98. The van der Waals surface area contributed by atoms with Gasteiger partial charge in [0.15, 0.2) is 5.16 Å². The Hall–Kier alpha value is -2.34. The Balaban J connectivity index is 1.96. The Labute approximate surface area is 125 Å². The third-order valence-electron chi connectivity index (χ3n) is 2.94. The van der Waals surface area contributed by atoms with Crippen LogP contribution in [0.2, 0.25) is 0 Å². The molecule has 0 atom stereocenters. The molecule has 0 unspecified atom stereocenters. The minimum Gasteiger partial charge on any atom is -0.497 e. The van der Waals surface area contributed by atoms with Crippen molar-refractivity contribution >= 4 is 22.7 Å². The Morgan fingerprint density at radius 2 is 2.05 bits per heavy atom. The number of methoxy groups -OCH3 is 1. The SMILES string of the molecule is COc1ccc2c(CSc3ncccn3)cc(=O)oc2c1. The third kappa shape index (κ3) is 3.05. The number of benzene rings is 1. The van der Waals surface area contributed by atoms with E-state index < -0.39 is 0 Å². The van der Waals surface area contributed by atoms with Gasteiger partial charge in [-0.25, -0.2) is 14.8 Å². The molecule has 21 heavy (non-hydrogen) atoms. The molecule has 0 aliphatic heterocycles. The molecule has 2 aromatic heterocycles. The van der Waals surface area contributed by atoms with Crippen LogP contribution in [0.1, 0.15) is 5.56 Å². The predicted molar refractivity (Wildman–Crippen MR) is 80.6 cm³/mol. The topological polar surface area (TPSA) is 65.2 Å². The summed E-state index contributed by atoms with van der Waals surface area (Å²) in [5, 5.41) is 1.56. The molecule has 106 valence electrons. The van der Waals surface area contributed by atoms with E-state index in [4.69, 9.17) is 9.15 Å². The van der Waals surface area contributed by atoms with Crippen molar-refractivity contribution < 1.29 is 9.15 Å². The van der Waals surface area contributed by atoms with Gasteiger partial charge in [0, 0.05) is 35.7 Å². The minimum atomic E-state index is -0.375. The van der Waals surface area contributed by atoms with E-state index >= 15 is 0 Å². The highest BCUT2D eigenvalue weighted by Crippen LogP contribution is 2.26. The number of aromatic nitrogens is 2. The van der Waals surface area contributed by atoms with Gasteiger partial charge >= 0.3 is 5.63 Å². The van der Waals surface area contributed by atoms with Gasteiger partial charge in [0.1, 0.15) is 11.3 Å². The number of hydrogen-bond acceptors (Lipinski definition) is 6. The summed E-state index contributed by atoms with van der Waals surface area (Å²) in [5.74, 6) is 1.25. The standard InChI is InChI=1S/C15H12N2O3S/c1-19-11-3-4-12-10(7-14(18)20-13(12)8-11)9-21-15-16-5-2-6-17-15/h2-8H,9H2,1H3. The number of nitrogens with zero attached hydrogens (tertiary/aromatic N) is 2. The lowest BCUT2D eigenvalue weighted by atomic mass is 10.1. The molecule has 0 aliphatic rings. The summed E-state index contributed by atoms with van der Waals surface area (Å²) in [6.07, 6.45) is 3.38. The van der Waals surface area contributed by atoms with E-state index in [0.29, 0.717) is 22.2 Å². The zero-order valence-electron chi connectivity index (χ0n) is 11.3. The second-order valence-corrected chi connectivity index (χ2v) is 5.22. The Bertz CT molecular complexity index is 818.